The molecule has 4 heteroatoms. The first-order valence-electron chi connectivity index (χ1n) is 8.62. The molecule has 0 bridgehead atoms. The molecule has 0 atom stereocenters. The van der Waals surface area contributed by atoms with E-state index in [1.54, 1.807) is 19.4 Å². The van der Waals surface area contributed by atoms with E-state index in [4.69, 9.17) is 5.11 Å². The summed E-state index contributed by atoms with van der Waals surface area (Å²) in [6, 6.07) is 3.08. The summed E-state index contributed by atoms with van der Waals surface area (Å²) in [6.07, 6.45) is 11.7. The van der Waals surface area contributed by atoms with Crippen LogP contribution in [0.1, 0.15) is 69.7 Å². The van der Waals surface area contributed by atoms with Gasteiger partial charge in [0.25, 0.3) is 0 Å². The fourth-order valence-corrected chi connectivity index (χ4v) is 11.6. The van der Waals surface area contributed by atoms with E-state index in [1.807, 2.05) is 0 Å². The summed E-state index contributed by atoms with van der Waals surface area (Å²) >= 11 is -0.839. The summed E-state index contributed by atoms with van der Waals surface area (Å²) in [4.78, 5) is 13.8. The Kier molecular flexibility index (Phi) is 14.9. The minimum atomic E-state index is -0.942. The zero-order chi connectivity index (χ0) is 16.6. The molecule has 1 N–H and O–H groups in total. The molecule has 0 unspecified atom stereocenters. The molecule has 0 aliphatic carbocycles. The monoisotopic (exact) mass is 414 g/mol. The normalized spacial score (nSPS) is 10.2. The van der Waals surface area contributed by atoms with Crippen molar-refractivity contribution in [3.8, 4) is 0 Å². The number of aromatic nitrogens is 1. The fourth-order valence-electron chi connectivity index (χ4n) is 2.14. The van der Waals surface area contributed by atoms with E-state index in [0.717, 1.165) is 0 Å². The second-order valence-electron chi connectivity index (χ2n) is 5.61. The predicted molar refractivity (Wildman–Crippen MR) is 96.1 cm³/mol. The van der Waals surface area contributed by atoms with Gasteiger partial charge in [0.2, 0.25) is 0 Å². The average Bonchev–Trinajstić information content (AvgIpc) is 2.55. The van der Waals surface area contributed by atoms with Gasteiger partial charge in [0.1, 0.15) is 0 Å². The van der Waals surface area contributed by atoms with Crippen LogP contribution in [0.25, 0.3) is 0 Å². The standard InChI is InChI=1S/C6H5NO2.3C4H9.Sn/c8-6(9)5-2-1-3-7-4-5;3*1-3-4-2;/h1-4H,(H,8,9);3*1,3-4H2,2H3;. The molecule has 0 amide bonds. The molecule has 0 saturated carbocycles. The third kappa shape index (κ3) is 12.0. The molecule has 1 rings (SSSR count). The fraction of sp³-hybridized carbons (Fsp3) is 0.667. The van der Waals surface area contributed by atoms with Crippen molar-refractivity contribution < 1.29 is 9.90 Å². The molecule has 0 aliphatic rings. The Bertz CT molecular complexity index is 352. The molecule has 1 radical (unpaired) electrons. The van der Waals surface area contributed by atoms with Gasteiger partial charge in [-0.25, -0.2) is 4.79 Å². The van der Waals surface area contributed by atoms with Crippen LogP contribution >= 0.6 is 0 Å². The number of carboxylic acid groups (broad SMARTS) is 1. The van der Waals surface area contributed by atoms with E-state index in [9.17, 15) is 4.79 Å². The predicted octanol–water partition coefficient (Wildman–Crippen LogP) is 5.66. The van der Waals surface area contributed by atoms with E-state index in [0.29, 0.717) is 0 Å². The van der Waals surface area contributed by atoms with Crippen LogP contribution in [0.2, 0.25) is 13.3 Å². The number of pyridine rings is 1. The minimum Gasteiger partial charge on any atom is -0.478 e. The zero-order valence-electron chi connectivity index (χ0n) is 14.5. The Balaban J connectivity index is 0.000000425. The van der Waals surface area contributed by atoms with Gasteiger partial charge in [0.05, 0.1) is 5.56 Å². The Labute approximate surface area is 143 Å². The first kappa shape index (κ1) is 21.4. The van der Waals surface area contributed by atoms with Crippen molar-refractivity contribution in [2.24, 2.45) is 0 Å². The second kappa shape index (κ2) is 15.3. The maximum Gasteiger partial charge on any atom is 0.337 e. The summed E-state index contributed by atoms with van der Waals surface area (Å²) in [5.74, 6) is -0.942. The molecule has 1 heterocycles. The Morgan fingerprint density at radius 2 is 1.55 bits per heavy atom. The molecule has 125 valence electrons. The van der Waals surface area contributed by atoms with Gasteiger partial charge in [0, 0.05) is 12.4 Å². The molecular formula is C18H32NO2Sn. The van der Waals surface area contributed by atoms with E-state index in [-0.39, 0.29) is 5.56 Å². The van der Waals surface area contributed by atoms with E-state index < -0.39 is 25.7 Å². The van der Waals surface area contributed by atoms with E-state index in [1.165, 1.54) is 57.0 Å². The summed E-state index contributed by atoms with van der Waals surface area (Å²) < 4.78 is 5.04. The van der Waals surface area contributed by atoms with Crippen LogP contribution in [-0.4, -0.2) is 35.8 Å². The van der Waals surface area contributed by atoms with Gasteiger partial charge < -0.3 is 5.11 Å². The van der Waals surface area contributed by atoms with Gasteiger partial charge in [-0.3, -0.25) is 4.98 Å². The Hall–Kier alpha value is -0.581. The molecule has 0 fully saturated rings. The topological polar surface area (TPSA) is 50.2 Å². The zero-order valence-corrected chi connectivity index (χ0v) is 17.3. The maximum absolute atomic E-state index is 10.2. The molecule has 1 aromatic heterocycles. The van der Waals surface area contributed by atoms with Crippen molar-refractivity contribution in [1.82, 2.24) is 4.98 Å². The van der Waals surface area contributed by atoms with Gasteiger partial charge >= 0.3 is 98.3 Å². The van der Waals surface area contributed by atoms with Gasteiger partial charge in [-0.15, -0.1) is 0 Å². The van der Waals surface area contributed by atoms with Gasteiger partial charge in [0.15, 0.2) is 0 Å². The third-order valence-corrected chi connectivity index (χ3v) is 12.6. The molecule has 1 aromatic rings. The largest absolute Gasteiger partial charge is 0.478 e. The maximum atomic E-state index is 10.2. The number of nitrogens with zero attached hydrogens (tertiary/aromatic N) is 1. The SMILES string of the molecule is CCC[CH2][Sn]([CH2]CCC)[CH2]CCC.O=C(O)c1cccnc1. The average molecular weight is 413 g/mol. The first-order valence-corrected chi connectivity index (χ1v) is 14.7. The van der Waals surface area contributed by atoms with Crippen molar-refractivity contribution in [1.29, 1.82) is 0 Å². The van der Waals surface area contributed by atoms with Crippen molar-refractivity contribution in [3.05, 3.63) is 30.1 Å². The quantitative estimate of drug-likeness (QED) is 0.504. The number of hydrogen-bond acceptors (Lipinski definition) is 2. The molecule has 22 heavy (non-hydrogen) atoms. The second-order valence-corrected chi connectivity index (χ2v) is 14.2. The summed E-state index contributed by atoms with van der Waals surface area (Å²) in [7, 11) is 0. The molecule has 0 saturated heterocycles. The van der Waals surface area contributed by atoms with Crippen LogP contribution in [0.5, 0.6) is 0 Å². The number of aromatic carboxylic acids is 1. The van der Waals surface area contributed by atoms with Gasteiger partial charge in [-0.1, -0.05) is 0 Å². The number of carboxylic acids is 1. The van der Waals surface area contributed by atoms with Crippen LogP contribution in [-0.2, 0) is 0 Å². The van der Waals surface area contributed by atoms with Crippen molar-refractivity contribution in [2.45, 2.75) is 72.6 Å². The van der Waals surface area contributed by atoms with Crippen LogP contribution < -0.4 is 0 Å². The van der Waals surface area contributed by atoms with Gasteiger partial charge in [-0.05, 0) is 12.1 Å². The van der Waals surface area contributed by atoms with Crippen LogP contribution in [0, 0.1) is 0 Å². The summed E-state index contributed by atoms with van der Waals surface area (Å²) in [6.45, 7) is 7.00. The molecule has 0 aliphatic heterocycles. The summed E-state index contributed by atoms with van der Waals surface area (Å²) in [5.41, 5.74) is 0.220. The van der Waals surface area contributed by atoms with Crippen LogP contribution in [0.3, 0.4) is 0 Å². The van der Waals surface area contributed by atoms with Crippen LogP contribution in [0.15, 0.2) is 24.5 Å². The van der Waals surface area contributed by atoms with Crippen LogP contribution in [0.4, 0.5) is 0 Å². The van der Waals surface area contributed by atoms with Gasteiger partial charge in [-0.2, -0.15) is 0 Å². The third-order valence-electron chi connectivity index (χ3n) is 3.56. The van der Waals surface area contributed by atoms with E-state index >= 15 is 0 Å². The Morgan fingerprint density at radius 1 is 1.05 bits per heavy atom. The first-order chi connectivity index (χ1) is 10.7. The number of unbranched alkanes of at least 4 members (excludes halogenated alkanes) is 3. The number of carbonyl (C=O) groups is 1. The number of rotatable bonds is 10. The smallest absolute Gasteiger partial charge is 0.337 e. The molecule has 0 aromatic carbocycles. The summed E-state index contributed by atoms with van der Waals surface area (Å²) in [5, 5.41) is 8.34. The van der Waals surface area contributed by atoms with Crippen molar-refractivity contribution in [3.63, 3.8) is 0 Å². The Morgan fingerprint density at radius 3 is 1.82 bits per heavy atom. The molecular weight excluding hydrogens is 381 g/mol. The molecule has 3 nitrogen and oxygen atoms in total. The number of hydrogen-bond donors (Lipinski definition) is 1. The van der Waals surface area contributed by atoms with E-state index in [2.05, 4.69) is 25.8 Å². The van der Waals surface area contributed by atoms with Crippen molar-refractivity contribution >= 4 is 25.7 Å². The van der Waals surface area contributed by atoms with Crippen molar-refractivity contribution in [2.75, 3.05) is 0 Å². The molecule has 0 spiro atoms. The minimum absolute atomic E-state index is 0.220.